The Hall–Kier alpha value is -2.37. The van der Waals surface area contributed by atoms with Gasteiger partial charge in [-0.05, 0) is 50.7 Å². The Morgan fingerprint density at radius 2 is 1.44 bits per heavy atom. The molecule has 200 valence electrons. The first kappa shape index (κ1) is 28.2. The molecule has 0 radical (unpaired) electrons. The van der Waals surface area contributed by atoms with Crippen LogP contribution in [0.1, 0.15) is 113 Å². The number of hydrogen-bond acceptors (Lipinski definition) is 3. The molecule has 36 heavy (non-hydrogen) atoms. The number of rotatable bonds is 12. The molecule has 3 rings (SSSR count). The van der Waals surface area contributed by atoms with E-state index >= 15 is 0 Å². The topological polar surface area (TPSA) is 78.5 Å². The van der Waals surface area contributed by atoms with Crippen molar-refractivity contribution < 1.29 is 14.4 Å². The van der Waals surface area contributed by atoms with Crippen LogP contribution in [0.15, 0.2) is 24.3 Å². The molecule has 1 aliphatic carbocycles. The van der Waals surface area contributed by atoms with Crippen LogP contribution in [-0.4, -0.2) is 47.8 Å². The van der Waals surface area contributed by atoms with Gasteiger partial charge in [-0.3, -0.25) is 14.4 Å². The molecule has 1 aromatic rings. The van der Waals surface area contributed by atoms with Gasteiger partial charge in [0.15, 0.2) is 0 Å². The Kier molecular flexibility index (Phi) is 11.8. The molecular formula is C30H47N3O3. The molecule has 0 aromatic heterocycles. The summed E-state index contributed by atoms with van der Waals surface area (Å²) in [6, 6.07) is 7.54. The van der Waals surface area contributed by atoms with Crippen LogP contribution in [0.3, 0.4) is 0 Å². The number of carbonyl (C=O) groups excluding carboxylic acids is 3. The lowest BCUT2D eigenvalue weighted by molar-refractivity contribution is -0.136. The molecule has 1 saturated heterocycles. The van der Waals surface area contributed by atoms with Gasteiger partial charge in [0.05, 0.1) is 0 Å². The Morgan fingerprint density at radius 3 is 2.11 bits per heavy atom. The molecule has 2 atom stereocenters. The number of hydrogen-bond donors (Lipinski definition) is 2. The molecule has 0 bridgehead atoms. The second-order valence-corrected chi connectivity index (χ2v) is 10.8. The summed E-state index contributed by atoms with van der Waals surface area (Å²) in [5.41, 5.74) is 1.65. The van der Waals surface area contributed by atoms with Gasteiger partial charge < -0.3 is 15.5 Å². The second-order valence-electron chi connectivity index (χ2n) is 10.8. The highest BCUT2D eigenvalue weighted by atomic mass is 16.2. The molecule has 2 aliphatic rings. The van der Waals surface area contributed by atoms with Crippen LogP contribution in [0.25, 0.3) is 0 Å². The molecule has 3 amide bonds. The van der Waals surface area contributed by atoms with Crippen molar-refractivity contribution in [2.75, 3.05) is 13.1 Å². The van der Waals surface area contributed by atoms with Crippen LogP contribution in [0.4, 0.5) is 0 Å². The molecule has 1 aromatic carbocycles. The predicted octanol–water partition coefficient (Wildman–Crippen LogP) is 5.53. The highest BCUT2D eigenvalue weighted by Crippen LogP contribution is 2.23. The van der Waals surface area contributed by atoms with E-state index in [4.69, 9.17) is 0 Å². The standard InChI is InChI=1S/C30H47N3O3/c1-3-4-5-6-7-8-9-18-28(34)33-21-19-24(20-22-33)29(35)31-26-16-12-13-17-27(26)32-30(36)25-15-11-10-14-23(25)2/h10-11,14-15,24,26-27H,3-9,12-13,16-22H2,1-2H3,(H,31,35)(H,32,36)/t26-,27-/m1/s1. The zero-order valence-corrected chi connectivity index (χ0v) is 22.5. The largest absolute Gasteiger partial charge is 0.351 e. The van der Waals surface area contributed by atoms with E-state index in [1.165, 1.54) is 32.1 Å². The van der Waals surface area contributed by atoms with Crippen molar-refractivity contribution in [3.05, 3.63) is 35.4 Å². The first-order valence-electron chi connectivity index (χ1n) is 14.4. The summed E-state index contributed by atoms with van der Waals surface area (Å²) >= 11 is 0. The zero-order chi connectivity index (χ0) is 25.8. The van der Waals surface area contributed by atoms with E-state index in [0.717, 1.165) is 56.9 Å². The Balaban J connectivity index is 1.39. The minimum Gasteiger partial charge on any atom is -0.351 e. The van der Waals surface area contributed by atoms with E-state index in [9.17, 15) is 14.4 Å². The van der Waals surface area contributed by atoms with Crippen LogP contribution in [0.2, 0.25) is 0 Å². The normalized spacial score (nSPS) is 20.7. The molecule has 1 saturated carbocycles. The highest BCUT2D eigenvalue weighted by molar-refractivity contribution is 5.95. The van der Waals surface area contributed by atoms with Crippen molar-refractivity contribution >= 4 is 17.7 Å². The lowest BCUT2D eigenvalue weighted by Crippen LogP contribution is -2.55. The lowest BCUT2D eigenvalue weighted by atomic mass is 9.88. The highest BCUT2D eigenvalue weighted by Gasteiger charge is 2.32. The number of likely N-dealkylation sites (tertiary alicyclic amines) is 1. The van der Waals surface area contributed by atoms with Gasteiger partial charge in [-0.15, -0.1) is 0 Å². The van der Waals surface area contributed by atoms with Crippen molar-refractivity contribution in [3.8, 4) is 0 Å². The summed E-state index contributed by atoms with van der Waals surface area (Å²) in [5, 5.41) is 6.45. The monoisotopic (exact) mass is 497 g/mol. The van der Waals surface area contributed by atoms with Crippen molar-refractivity contribution in [3.63, 3.8) is 0 Å². The first-order valence-corrected chi connectivity index (χ1v) is 14.4. The number of aryl methyl sites for hydroxylation is 1. The van der Waals surface area contributed by atoms with Gasteiger partial charge in [0.25, 0.3) is 5.91 Å². The molecule has 0 spiro atoms. The van der Waals surface area contributed by atoms with Crippen LogP contribution in [0, 0.1) is 12.8 Å². The van der Waals surface area contributed by atoms with E-state index in [0.29, 0.717) is 25.1 Å². The zero-order valence-electron chi connectivity index (χ0n) is 22.5. The van der Waals surface area contributed by atoms with Gasteiger partial charge in [0, 0.05) is 43.1 Å². The number of nitrogens with zero attached hydrogens (tertiary/aromatic N) is 1. The summed E-state index contributed by atoms with van der Waals surface area (Å²) in [5.74, 6) is 0.208. The number of amides is 3. The molecule has 0 unspecified atom stereocenters. The molecular weight excluding hydrogens is 450 g/mol. The van der Waals surface area contributed by atoms with E-state index in [2.05, 4.69) is 17.6 Å². The van der Waals surface area contributed by atoms with Crippen LogP contribution >= 0.6 is 0 Å². The number of carbonyl (C=O) groups is 3. The van der Waals surface area contributed by atoms with E-state index in [1.807, 2.05) is 36.1 Å². The molecule has 2 N–H and O–H groups in total. The third kappa shape index (κ3) is 8.63. The SMILES string of the molecule is CCCCCCCCCC(=O)N1CCC(C(=O)N[C@@H]2CCCC[C@H]2NC(=O)c2ccccc2C)CC1. The molecule has 6 heteroatoms. The summed E-state index contributed by atoms with van der Waals surface area (Å²) in [6.07, 6.45) is 14.5. The molecule has 2 fully saturated rings. The van der Waals surface area contributed by atoms with Crippen molar-refractivity contribution in [2.24, 2.45) is 5.92 Å². The Labute approximate surface area is 218 Å². The van der Waals surface area contributed by atoms with E-state index in [-0.39, 0.29) is 35.7 Å². The quantitative estimate of drug-likeness (QED) is 0.373. The maximum Gasteiger partial charge on any atom is 0.251 e. The lowest BCUT2D eigenvalue weighted by Gasteiger charge is -2.36. The number of unbranched alkanes of at least 4 members (excludes halogenated alkanes) is 6. The Morgan fingerprint density at radius 1 is 0.833 bits per heavy atom. The van der Waals surface area contributed by atoms with Gasteiger partial charge >= 0.3 is 0 Å². The van der Waals surface area contributed by atoms with Crippen LogP contribution in [-0.2, 0) is 9.59 Å². The van der Waals surface area contributed by atoms with Gasteiger partial charge in [-0.1, -0.05) is 76.5 Å². The van der Waals surface area contributed by atoms with Crippen molar-refractivity contribution in [1.29, 1.82) is 0 Å². The maximum absolute atomic E-state index is 13.1. The first-order chi connectivity index (χ1) is 17.5. The fraction of sp³-hybridized carbons (Fsp3) is 0.700. The summed E-state index contributed by atoms with van der Waals surface area (Å²) in [7, 11) is 0. The van der Waals surface area contributed by atoms with Gasteiger partial charge in [0.2, 0.25) is 11.8 Å². The fourth-order valence-electron chi connectivity index (χ4n) is 5.63. The average Bonchev–Trinajstić information content (AvgIpc) is 2.89. The van der Waals surface area contributed by atoms with Gasteiger partial charge in [-0.2, -0.15) is 0 Å². The molecule has 1 heterocycles. The smallest absolute Gasteiger partial charge is 0.251 e. The third-order valence-electron chi connectivity index (χ3n) is 8.01. The van der Waals surface area contributed by atoms with Gasteiger partial charge in [0.1, 0.15) is 0 Å². The number of benzene rings is 1. The van der Waals surface area contributed by atoms with Crippen LogP contribution in [0.5, 0.6) is 0 Å². The summed E-state index contributed by atoms with van der Waals surface area (Å²) < 4.78 is 0. The van der Waals surface area contributed by atoms with Crippen LogP contribution < -0.4 is 10.6 Å². The van der Waals surface area contributed by atoms with Crippen molar-refractivity contribution in [1.82, 2.24) is 15.5 Å². The Bertz CT molecular complexity index is 848. The minimum absolute atomic E-state index is 0.0313. The third-order valence-corrected chi connectivity index (χ3v) is 8.01. The minimum atomic E-state index is -0.0629. The van der Waals surface area contributed by atoms with E-state index < -0.39 is 0 Å². The maximum atomic E-state index is 13.1. The number of nitrogens with one attached hydrogen (secondary N) is 2. The van der Waals surface area contributed by atoms with Gasteiger partial charge in [-0.25, -0.2) is 0 Å². The van der Waals surface area contributed by atoms with Crippen molar-refractivity contribution in [2.45, 2.75) is 116 Å². The summed E-state index contributed by atoms with van der Waals surface area (Å²) in [6.45, 7) is 5.52. The second kappa shape index (κ2) is 15.0. The number of piperidine rings is 1. The predicted molar refractivity (Wildman–Crippen MR) is 145 cm³/mol. The molecule has 6 nitrogen and oxygen atoms in total. The fourth-order valence-corrected chi connectivity index (χ4v) is 5.63. The van der Waals surface area contributed by atoms with E-state index in [1.54, 1.807) is 0 Å². The average molecular weight is 498 g/mol. The molecule has 1 aliphatic heterocycles. The summed E-state index contributed by atoms with van der Waals surface area (Å²) in [4.78, 5) is 40.5.